The molecule has 1 aromatic heterocycles. The zero-order valence-electron chi connectivity index (χ0n) is 16.3. The van der Waals surface area contributed by atoms with Crippen LogP contribution in [0.15, 0.2) is 37.2 Å². The number of esters is 2. The Kier molecular flexibility index (Phi) is 11.1. The number of nitrogens with zero attached hydrogens (tertiary/aromatic N) is 1. The third-order valence-corrected chi connectivity index (χ3v) is 4.88. The number of carbonyl (C=O) groups is 4. The Bertz CT molecular complexity index is 712. The molecule has 1 amide bonds. The molecule has 0 aliphatic carbocycles. The normalized spacial score (nSPS) is 12.2. The van der Waals surface area contributed by atoms with Gasteiger partial charge in [0.2, 0.25) is 0 Å². The first-order valence-electron chi connectivity index (χ1n) is 8.63. The summed E-state index contributed by atoms with van der Waals surface area (Å²) in [4.78, 5) is 51.9. The predicted molar refractivity (Wildman–Crippen MR) is 107 cm³/mol. The zero-order chi connectivity index (χ0) is 21.6. The van der Waals surface area contributed by atoms with Crippen LogP contribution in [0.5, 0.6) is 0 Å². The molecule has 0 fully saturated rings. The van der Waals surface area contributed by atoms with Crippen LogP contribution in [0, 0.1) is 5.92 Å². The molecule has 0 saturated heterocycles. The second kappa shape index (κ2) is 13.3. The SMILES string of the molecule is C=CCOC(=O)N[C@@H](CSCC(CC(=O)OC)C(=O)c1cccnc1)C(=O)OC. The molecule has 1 unspecified atom stereocenters. The maximum absolute atomic E-state index is 12.7. The monoisotopic (exact) mass is 424 g/mol. The molecular formula is C19H24N2O7S. The highest BCUT2D eigenvalue weighted by molar-refractivity contribution is 7.99. The van der Waals surface area contributed by atoms with Crippen LogP contribution in [0.25, 0.3) is 0 Å². The van der Waals surface area contributed by atoms with Gasteiger partial charge in [-0.25, -0.2) is 9.59 Å². The second-order valence-corrected chi connectivity index (χ2v) is 6.80. The number of rotatable bonds is 12. The molecule has 1 rings (SSSR count). The average molecular weight is 424 g/mol. The predicted octanol–water partition coefficient (Wildman–Crippen LogP) is 1.63. The number of pyridine rings is 1. The summed E-state index contributed by atoms with van der Waals surface area (Å²) in [6.07, 6.45) is 3.45. The molecule has 2 atom stereocenters. The van der Waals surface area contributed by atoms with Crippen molar-refractivity contribution in [3.05, 3.63) is 42.7 Å². The number of thioether (sulfide) groups is 1. The second-order valence-electron chi connectivity index (χ2n) is 5.73. The van der Waals surface area contributed by atoms with Crippen LogP contribution in [0.2, 0.25) is 0 Å². The van der Waals surface area contributed by atoms with Gasteiger partial charge in [0, 0.05) is 35.4 Å². The highest BCUT2D eigenvalue weighted by Crippen LogP contribution is 2.19. The molecule has 29 heavy (non-hydrogen) atoms. The summed E-state index contributed by atoms with van der Waals surface area (Å²) in [7, 11) is 2.44. The number of Topliss-reactive ketones (excluding diaryl/α,β-unsaturated/α-hetero) is 1. The van der Waals surface area contributed by atoms with E-state index in [2.05, 4.69) is 26.4 Å². The van der Waals surface area contributed by atoms with Gasteiger partial charge < -0.3 is 19.5 Å². The van der Waals surface area contributed by atoms with Gasteiger partial charge in [-0.3, -0.25) is 14.6 Å². The van der Waals surface area contributed by atoms with E-state index >= 15 is 0 Å². The van der Waals surface area contributed by atoms with Gasteiger partial charge in [-0.15, -0.1) is 0 Å². The van der Waals surface area contributed by atoms with Crippen molar-refractivity contribution in [1.29, 1.82) is 0 Å². The summed E-state index contributed by atoms with van der Waals surface area (Å²) >= 11 is 1.21. The Morgan fingerprint density at radius 2 is 2.00 bits per heavy atom. The molecule has 1 aromatic rings. The number of methoxy groups -OCH3 is 2. The fraction of sp³-hybridized carbons (Fsp3) is 0.421. The van der Waals surface area contributed by atoms with Gasteiger partial charge in [-0.2, -0.15) is 11.8 Å². The number of hydrogen-bond donors (Lipinski definition) is 1. The lowest BCUT2D eigenvalue weighted by molar-refractivity contribution is -0.142. The lowest BCUT2D eigenvalue weighted by Crippen LogP contribution is -2.43. The topological polar surface area (TPSA) is 121 Å². The molecule has 0 aliphatic rings. The van der Waals surface area contributed by atoms with E-state index in [1.165, 1.54) is 38.3 Å². The molecule has 9 nitrogen and oxygen atoms in total. The number of amides is 1. The Hall–Kier alpha value is -2.88. The van der Waals surface area contributed by atoms with E-state index in [4.69, 9.17) is 4.74 Å². The highest BCUT2D eigenvalue weighted by Gasteiger charge is 2.27. The fourth-order valence-electron chi connectivity index (χ4n) is 2.21. The number of nitrogens with one attached hydrogen (secondary N) is 1. The van der Waals surface area contributed by atoms with Crippen molar-refractivity contribution in [2.75, 3.05) is 32.3 Å². The molecule has 158 valence electrons. The number of ketones is 1. The van der Waals surface area contributed by atoms with Crippen molar-refractivity contribution in [3.63, 3.8) is 0 Å². The van der Waals surface area contributed by atoms with Crippen LogP contribution >= 0.6 is 11.8 Å². The van der Waals surface area contributed by atoms with E-state index in [1.807, 2.05) is 0 Å². The molecule has 1 heterocycles. The minimum atomic E-state index is -0.977. The van der Waals surface area contributed by atoms with Gasteiger partial charge in [0.25, 0.3) is 0 Å². The van der Waals surface area contributed by atoms with E-state index < -0.39 is 30.0 Å². The van der Waals surface area contributed by atoms with Crippen LogP contribution in [0.4, 0.5) is 4.79 Å². The van der Waals surface area contributed by atoms with Crippen molar-refractivity contribution in [1.82, 2.24) is 10.3 Å². The minimum absolute atomic E-state index is 0.00626. The summed E-state index contributed by atoms with van der Waals surface area (Å²) in [5, 5.41) is 2.40. The number of aromatic nitrogens is 1. The van der Waals surface area contributed by atoms with E-state index in [9.17, 15) is 19.2 Å². The molecule has 0 bridgehead atoms. The van der Waals surface area contributed by atoms with E-state index in [-0.39, 0.29) is 30.3 Å². The first-order valence-corrected chi connectivity index (χ1v) is 9.79. The molecule has 0 aliphatic heterocycles. The van der Waals surface area contributed by atoms with Gasteiger partial charge >= 0.3 is 18.0 Å². The minimum Gasteiger partial charge on any atom is -0.469 e. The van der Waals surface area contributed by atoms with Crippen molar-refractivity contribution in [2.45, 2.75) is 12.5 Å². The van der Waals surface area contributed by atoms with Gasteiger partial charge in [0.15, 0.2) is 5.78 Å². The fourth-order valence-corrected chi connectivity index (χ4v) is 3.36. The first-order chi connectivity index (χ1) is 13.9. The third-order valence-electron chi connectivity index (χ3n) is 3.67. The third kappa shape index (κ3) is 8.77. The molecule has 0 aromatic carbocycles. The Morgan fingerprint density at radius 3 is 2.59 bits per heavy atom. The summed E-state index contributed by atoms with van der Waals surface area (Å²) in [6.45, 7) is 3.42. The van der Waals surface area contributed by atoms with Crippen LogP contribution in [-0.2, 0) is 23.8 Å². The standard InChI is InChI=1S/C19H24N2O7S/c1-4-8-28-19(25)21-15(18(24)27-3)12-29-11-14(9-16(22)26-2)17(23)13-6-5-7-20-10-13/h4-7,10,14-15H,1,8-9,11-12H2,2-3H3,(H,21,25)/t14?,15-/m0/s1. The van der Waals surface area contributed by atoms with Crippen LogP contribution < -0.4 is 5.32 Å². The largest absolute Gasteiger partial charge is 0.469 e. The summed E-state index contributed by atoms with van der Waals surface area (Å²) in [5.41, 5.74) is 0.373. The maximum Gasteiger partial charge on any atom is 0.408 e. The van der Waals surface area contributed by atoms with E-state index in [0.29, 0.717) is 5.56 Å². The van der Waals surface area contributed by atoms with Crippen molar-refractivity contribution in [2.24, 2.45) is 5.92 Å². The number of carbonyl (C=O) groups excluding carboxylic acids is 4. The zero-order valence-corrected chi connectivity index (χ0v) is 17.1. The molecule has 10 heteroatoms. The quantitative estimate of drug-likeness (QED) is 0.231. The molecule has 0 spiro atoms. The van der Waals surface area contributed by atoms with Gasteiger partial charge in [0.1, 0.15) is 12.6 Å². The van der Waals surface area contributed by atoms with Gasteiger partial charge in [-0.1, -0.05) is 12.7 Å². The van der Waals surface area contributed by atoms with Crippen molar-refractivity contribution >= 4 is 35.6 Å². The highest BCUT2D eigenvalue weighted by atomic mass is 32.2. The maximum atomic E-state index is 12.7. The Balaban J connectivity index is 2.75. The number of alkyl carbamates (subject to hydrolysis) is 1. The molecular weight excluding hydrogens is 400 g/mol. The van der Waals surface area contributed by atoms with E-state index in [0.717, 1.165) is 0 Å². The molecule has 1 N–H and O–H groups in total. The van der Waals surface area contributed by atoms with Crippen LogP contribution in [0.1, 0.15) is 16.8 Å². The molecule has 0 saturated carbocycles. The lowest BCUT2D eigenvalue weighted by Gasteiger charge is -2.18. The smallest absolute Gasteiger partial charge is 0.408 e. The summed E-state index contributed by atoms with van der Waals surface area (Å²) < 4.78 is 14.1. The average Bonchev–Trinajstić information content (AvgIpc) is 2.75. The van der Waals surface area contributed by atoms with E-state index in [1.54, 1.807) is 18.3 Å². The van der Waals surface area contributed by atoms with Gasteiger partial charge in [0.05, 0.1) is 20.6 Å². The summed E-state index contributed by atoms with van der Waals surface area (Å²) in [6, 6.07) is 2.26. The first kappa shape index (κ1) is 24.2. The lowest BCUT2D eigenvalue weighted by atomic mass is 9.97. The Labute approximate surface area is 173 Å². The molecule has 0 radical (unpaired) electrons. The summed E-state index contributed by atoms with van der Waals surface area (Å²) in [5.74, 6) is -1.78. The van der Waals surface area contributed by atoms with Gasteiger partial charge in [-0.05, 0) is 12.1 Å². The van der Waals surface area contributed by atoms with Crippen molar-refractivity contribution < 1.29 is 33.4 Å². The number of ether oxygens (including phenoxy) is 3. The Morgan fingerprint density at radius 1 is 1.24 bits per heavy atom. The number of hydrogen-bond acceptors (Lipinski definition) is 9. The van der Waals surface area contributed by atoms with Crippen molar-refractivity contribution in [3.8, 4) is 0 Å². The van der Waals surface area contributed by atoms with Crippen LogP contribution in [-0.4, -0.2) is 67.2 Å². The van der Waals surface area contributed by atoms with Crippen LogP contribution in [0.3, 0.4) is 0 Å².